The number of aromatic nitrogens is 2. The molecule has 1 aliphatic rings. The Hall–Kier alpha value is -0.830. The molecule has 1 aromatic heterocycles. The van der Waals surface area contributed by atoms with Gasteiger partial charge in [-0.2, -0.15) is 5.10 Å². The van der Waals surface area contributed by atoms with E-state index in [4.69, 9.17) is 5.73 Å². The molecule has 2 N–H and O–H groups in total. The van der Waals surface area contributed by atoms with Gasteiger partial charge in [0.05, 0.1) is 5.69 Å². The Morgan fingerprint density at radius 3 is 2.83 bits per heavy atom. The molecule has 0 radical (unpaired) electrons. The fourth-order valence-corrected chi connectivity index (χ4v) is 1.59. The standard InChI is InChI=1S/C9H15N3/c1-6(10)9-8(7-3-4-7)5-12(2)11-9/h5-7H,3-4,10H2,1-2H3. The van der Waals surface area contributed by atoms with E-state index < -0.39 is 0 Å². The zero-order valence-electron chi connectivity index (χ0n) is 7.62. The van der Waals surface area contributed by atoms with Crippen LogP contribution in [0, 0.1) is 0 Å². The highest BCUT2D eigenvalue weighted by Gasteiger charge is 2.28. The second-order valence-corrected chi connectivity index (χ2v) is 3.71. The van der Waals surface area contributed by atoms with Gasteiger partial charge in [0.25, 0.3) is 0 Å². The maximum Gasteiger partial charge on any atom is 0.0823 e. The molecular weight excluding hydrogens is 150 g/mol. The average Bonchev–Trinajstić information content (AvgIpc) is 2.75. The van der Waals surface area contributed by atoms with Gasteiger partial charge in [-0.05, 0) is 31.2 Å². The molecule has 1 heterocycles. The predicted octanol–water partition coefficient (Wildman–Crippen LogP) is 1.32. The van der Waals surface area contributed by atoms with E-state index in [2.05, 4.69) is 11.3 Å². The SMILES string of the molecule is CC(N)c1nn(C)cc1C1CC1. The molecule has 66 valence electrons. The van der Waals surface area contributed by atoms with Crippen LogP contribution in [-0.2, 0) is 7.05 Å². The molecule has 1 unspecified atom stereocenters. The van der Waals surface area contributed by atoms with Crippen molar-refractivity contribution in [2.24, 2.45) is 12.8 Å². The van der Waals surface area contributed by atoms with Crippen LogP contribution in [0.5, 0.6) is 0 Å². The van der Waals surface area contributed by atoms with Crippen LogP contribution in [0.25, 0.3) is 0 Å². The lowest BCUT2D eigenvalue weighted by Gasteiger charge is -2.02. The molecule has 1 aromatic rings. The van der Waals surface area contributed by atoms with E-state index in [1.807, 2.05) is 18.7 Å². The Morgan fingerprint density at radius 2 is 2.33 bits per heavy atom. The van der Waals surface area contributed by atoms with Gasteiger partial charge < -0.3 is 5.73 Å². The molecule has 3 heteroatoms. The highest BCUT2D eigenvalue weighted by molar-refractivity contribution is 5.27. The first kappa shape index (κ1) is 7.80. The van der Waals surface area contributed by atoms with Crippen LogP contribution in [0.3, 0.4) is 0 Å². The molecule has 3 nitrogen and oxygen atoms in total. The van der Waals surface area contributed by atoms with Crippen molar-refractivity contribution < 1.29 is 0 Å². The van der Waals surface area contributed by atoms with E-state index >= 15 is 0 Å². The van der Waals surface area contributed by atoms with Crippen LogP contribution in [0.4, 0.5) is 0 Å². The quantitative estimate of drug-likeness (QED) is 0.718. The summed E-state index contributed by atoms with van der Waals surface area (Å²) in [6.07, 6.45) is 4.73. The van der Waals surface area contributed by atoms with Gasteiger partial charge in [0, 0.05) is 19.3 Å². The molecular formula is C9H15N3. The maximum absolute atomic E-state index is 5.82. The van der Waals surface area contributed by atoms with Crippen molar-refractivity contribution in [2.75, 3.05) is 0 Å². The van der Waals surface area contributed by atoms with Crippen LogP contribution in [0.2, 0.25) is 0 Å². The first-order chi connectivity index (χ1) is 5.68. The largest absolute Gasteiger partial charge is 0.323 e. The lowest BCUT2D eigenvalue weighted by Crippen LogP contribution is -2.08. The van der Waals surface area contributed by atoms with Gasteiger partial charge in [-0.25, -0.2) is 0 Å². The molecule has 0 aromatic carbocycles. The van der Waals surface area contributed by atoms with Gasteiger partial charge in [0.2, 0.25) is 0 Å². The lowest BCUT2D eigenvalue weighted by atomic mass is 10.1. The Morgan fingerprint density at radius 1 is 1.67 bits per heavy atom. The number of hydrogen-bond donors (Lipinski definition) is 1. The van der Waals surface area contributed by atoms with Crippen LogP contribution >= 0.6 is 0 Å². The highest BCUT2D eigenvalue weighted by atomic mass is 15.3. The Bertz CT molecular complexity index is 264. The molecule has 1 fully saturated rings. The van der Waals surface area contributed by atoms with Crippen molar-refractivity contribution in [1.29, 1.82) is 0 Å². The van der Waals surface area contributed by atoms with Gasteiger partial charge in [0.15, 0.2) is 0 Å². The third-order valence-corrected chi connectivity index (χ3v) is 2.34. The summed E-state index contributed by atoms with van der Waals surface area (Å²) in [5.41, 5.74) is 8.27. The topological polar surface area (TPSA) is 43.8 Å². The van der Waals surface area contributed by atoms with Crippen molar-refractivity contribution in [3.05, 3.63) is 17.5 Å². The molecule has 12 heavy (non-hydrogen) atoms. The minimum atomic E-state index is 0.0711. The van der Waals surface area contributed by atoms with Crippen LogP contribution in [0.1, 0.15) is 43.0 Å². The van der Waals surface area contributed by atoms with E-state index in [-0.39, 0.29) is 6.04 Å². The third-order valence-electron chi connectivity index (χ3n) is 2.34. The first-order valence-electron chi connectivity index (χ1n) is 4.47. The van der Waals surface area contributed by atoms with E-state index in [0.29, 0.717) is 0 Å². The number of rotatable bonds is 2. The minimum absolute atomic E-state index is 0.0711. The summed E-state index contributed by atoms with van der Waals surface area (Å²) in [4.78, 5) is 0. The van der Waals surface area contributed by atoms with Crippen LogP contribution in [-0.4, -0.2) is 9.78 Å². The summed E-state index contributed by atoms with van der Waals surface area (Å²) in [7, 11) is 1.96. The second kappa shape index (κ2) is 2.59. The zero-order chi connectivity index (χ0) is 8.72. The van der Waals surface area contributed by atoms with Crippen molar-refractivity contribution in [1.82, 2.24) is 9.78 Å². The molecule has 2 rings (SSSR count). The summed E-state index contributed by atoms with van der Waals surface area (Å²) < 4.78 is 1.87. The first-order valence-corrected chi connectivity index (χ1v) is 4.47. The third kappa shape index (κ3) is 1.25. The van der Waals surface area contributed by atoms with Crippen molar-refractivity contribution in [3.8, 4) is 0 Å². The van der Waals surface area contributed by atoms with Crippen molar-refractivity contribution in [3.63, 3.8) is 0 Å². The normalized spacial score (nSPS) is 19.6. The summed E-state index contributed by atoms with van der Waals surface area (Å²) >= 11 is 0. The second-order valence-electron chi connectivity index (χ2n) is 3.71. The predicted molar refractivity (Wildman–Crippen MR) is 47.8 cm³/mol. The smallest absolute Gasteiger partial charge is 0.0823 e. The van der Waals surface area contributed by atoms with Crippen LogP contribution in [0.15, 0.2) is 6.20 Å². The number of nitrogens with two attached hydrogens (primary N) is 1. The highest BCUT2D eigenvalue weighted by Crippen LogP contribution is 2.42. The molecule has 0 amide bonds. The lowest BCUT2D eigenvalue weighted by molar-refractivity contribution is 0.697. The summed E-state index contributed by atoms with van der Waals surface area (Å²) in [6.45, 7) is 1.99. The van der Waals surface area contributed by atoms with Gasteiger partial charge in [-0.15, -0.1) is 0 Å². The Labute approximate surface area is 72.6 Å². The van der Waals surface area contributed by atoms with Gasteiger partial charge in [-0.3, -0.25) is 4.68 Å². The van der Waals surface area contributed by atoms with Crippen molar-refractivity contribution >= 4 is 0 Å². The molecule has 0 spiro atoms. The van der Waals surface area contributed by atoms with E-state index in [1.54, 1.807) is 0 Å². The number of hydrogen-bond acceptors (Lipinski definition) is 2. The fraction of sp³-hybridized carbons (Fsp3) is 0.667. The zero-order valence-corrected chi connectivity index (χ0v) is 7.62. The van der Waals surface area contributed by atoms with Gasteiger partial charge >= 0.3 is 0 Å². The molecule has 1 aliphatic carbocycles. The Balaban J connectivity index is 2.36. The summed E-state index contributed by atoms with van der Waals surface area (Å²) in [6, 6.07) is 0.0711. The number of aryl methyl sites for hydroxylation is 1. The molecule has 0 bridgehead atoms. The fourth-order valence-electron chi connectivity index (χ4n) is 1.59. The average molecular weight is 165 g/mol. The van der Waals surface area contributed by atoms with E-state index in [9.17, 15) is 0 Å². The molecule has 0 aliphatic heterocycles. The van der Waals surface area contributed by atoms with Gasteiger partial charge in [0.1, 0.15) is 0 Å². The summed E-state index contributed by atoms with van der Waals surface area (Å²) in [5.74, 6) is 0.750. The van der Waals surface area contributed by atoms with Crippen LogP contribution < -0.4 is 5.73 Å². The molecule has 1 atom stereocenters. The monoisotopic (exact) mass is 165 g/mol. The maximum atomic E-state index is 5.82. The van der Waals surface area contributed by atoms with E-state index in [1.165, 1.54) is 18.4 Å². The minimum Gasteiger partial charge on any atom is -0.323 e. The molecule has 0 saturated heterocycles. The summed E-state index contributed by atoms with van der Waals surface area (Å²) in [5, 5.41) is 4.36. The van der Waals surface area contributed by atoms with Crippen molar-refractivity contribution in [2.45, 2.75) is 31.7 Å². The Kier molecular flexibility index (Phi) is 1.68. The van der Waals surface area contributed by atoms with Gasteiger partial charge in [-0.1, -0.05) is 0 Å². The number of nitrogens with zero attached hydrogens (tertiary/aromatic N) is 2. The van der Waals surface area contributed by atoms with E-state index in [0.717, 1.165) is 11.6 Å². The molecule has 1 saturated carbocycles.